The van der Waals surface area contributed by atoms with Gasteiger partial charge in [-0.15, -0.1) is 22.7 Å². The van der Waals surface area contributed by atoms with Crippen molar-refractivity contribution in [2.24, 2.45) is 0 Å². The zero-order valence-corrected chi connectivity index (χ0v) is 17.1. The second-order valence-electron chi connectivity index (χ2n) is 6.38. The van der Waals surface area contributed by atoms with Crippen LogP contribution in [0.1, 0.15) is 18.2 Å². The molecule has 0 spiro atoms. The largest absolute Gasteiger partial charge is 0.416 e. The molecule has 1 amide bonds. The molecule has 0 aliphatic rings. The van der Waals surface area contributed by atoms with Gasteiger partial charge in [-0.3, -0.25) is 4.79 Å². The molecule has 2 unspecified atom stereocenters. The number of hydrogen-bond acceptors (Lipinski definition) is 5. The van der Waals surface area contributed by atoms with E-state index in [2.05, 4.69) is 10.3 Å². The highest BCUT2D eigenvalue weighted by atomic mass is 32.1. The third-order valence-corrected chi connectivity index (χ3v) is 6.39. The van der Waals surface area contributed by atoms with Crippen molar-refractivity contribution in [1.29, 1.82) is 0 Å². The summed E-state index contributed by atoms with van der Waals surface area (Å²) in [4.78, 5) is 18.8. The lowest BCUT2D eigenvalue weighted by Crippen LogP contribution is -2.50. The molecule has 1 aromatic carbocycles. The number of nitrogens with one attached hydrogen (secondary N) is 1. The first-order chi connectivity index (χ1) is 13.8. The molecule has 29 heavy (non-hydrogen) atoms. The maximum atomic E-state index is 12.8. The lowest BCUT2D eigenvalue weighted by molar-refractivity contribution is -0.212. The van der Waals surface area contributed by atoms with Crippen LogP contribution in [0.4, 0.5) is 13.2 Å². The fourth-order valence-electron chi connectivity index (χ4n) is 2.83. The van der Waals surface area contributed by atoms with Crippen molar-refractivity contribution < 1.29 is 23.1 Å². The normalized spacial score (nSPS) is 13.8. The number of thiophene rings is 1. The number of aliphatic hydroxyl groups excluding tert-OH is 1. The number of hydrogen-bond donors (Lipinski definition) is 2. The number of thiazole rings is 1. The van der Waals surface area contributed by atoms with Crippen LogP contribution < -0.4 is 5.32 Å². The van der Waals surface area contributed by atoms with Crippen LogP contribution in [0.15, 0.2) is 47.8 Å². The number of carbonyl (C=O) groups excluding carboxylic acids is 1. The minimum atomic E-state index is -4.79. The quantitative estimate of drug-likeness (QED) is 0.549. The van der Waals surface area contributed by atoms with Crippen LogP contribution in [-0.4, -0.2) is 34.3 Å². The highest BCUT2D eigenvalue weighted by molar-refractivity contribution is 7.21. The molecule has 3 aromatic rings. The predicted octanol–water partition coefficient (Wildman–Crippen LogP) is 4.90. The van der Waals surface area contributed by atoms with E-state index in [1.807, 2.05) is 47.8 Å². The third kappa shape index (κ3) is 5.23. The van der Waals surface area contributed by atoms with Gasteiger partial charge in [0.05, 0.1) is 23.0 Å². The summed E-state index contributed by atoms with van der Waals surface area (Å²) in [5.41, 5.74) is 1.47. The zero-order valence-electron chi connectivity index (χ0n) is 15.4. The average Bonchev–Trinajstić information content (AvgIpc) is 3.35. The first-order valence-electron chi connectivity index (χ1n) is 8.92. The van der Waals surface area contributed by atoms with Crippen LogP contribution in [0.25, 0.3) is 21.1 Å². The molecule has 0 bridgehead atoms. The molecule has 2 aromatic heterocycles. The van der Waals surface area contributed by atoms with Crippen LogP contribution in [0.5, 0.6) is 0 Å². The van der Waals surface area contributed by atoms with Crippen molar-refractivity contribution in [2.75, 3.05) is 0 Å². The van der Waals surface area contributed by atoms with E-state index in [0.717, 1.165) is 15.4 Å². The topological polar surface area (TPSA) is 62.2 Å². The minimum Gasteiger partial charge on any atom is -0.382 e. The summed E-state index contributed by atoms with van der Waals surface area (Å²) in [5, 5.41) is 14.5. The van der Waals surface area contributed by atoms with E-state index in [1.54, 1.807) is 0 Å². The van der Waals surface area contributed by atoms with E-state index in [-0.39, 0.29) is 12.8 Å². The van der Waals surface area contributed by atoms with E-state index in [1.165, 1.54) is 29.6 Å². The molecular weight excluding hydrogens is 421 g/mol. The number of nitrogens with zero attached hydrogens (tertiary/aromatic N) is 1. The van der Waals surface area contributed by atoms with Crippen LogP contribution in [0.2, 0.25) is 0 Å². The summed E-state index contributed by atoms with van der Waals surface area (Å²) in [5.74, 6) is -0.585. The highest BCUT2D eigenvalue weighted by Crippen LogP contribution is 2.36. The van der Waals surface area contributed by atoms with Gasteiger partial charge in [-0.2, -0.15) is 13.2 Å². The predicted molar refractivity (Wildman–Crippen MR) is 109 cm³/mol. The van der Waals surface area contributed by atoms with Gasteiger partial charge in [0.1, 0.15) is 5.01 Å². The number of alkyl halides is 3. The molecule has 4 nitrogen and oxygen atoms in total. The first kappa shape index (κ1) is 21.5. The maximum absolute atomic E-state index is 12.8. The molecular formula is C20H19F3N2O2S2. The molecule has 154 valence electrons. The van der Waals surface area contributed by atoms with Crippen molar-refractivity contribution in [3.8, 4) is 21.1 Å². The Hall–Kier alpha value is -2.23. The number of amides is 1. The summed E-state index contributed by atoms with van der Waals surface area (Å²) in [7, 11) is 0. The lowest BCUT2D eigenvalue weighted by Gasteiger charge is -2.24. The fraction of sp³-hybridized carbons (Fsp3) is 0.300. The molecule has 0 fully saturated rings. The Morgan fingerprint density at radius 1 is 1.21 bits per heavy atom. The number of aliphatic hydroxyl groups is 1. The molecule has 2 atom stereocenters. The van der Waals surface area contributed by atoms with Crippen molar-refractivity contribution in [2.45, 2.75) is 38.1 Å². The van der Waals surface area contributed by atoms with Crippen LogP contribution in [0.3, 0.4) is 0 Å². The molecule has 0 aliphatic heterocycles. The fourth-order valence-corrected chi connectivity index (χ4v) is 4.71. The Morgan fingerprint density at radius 2 is 1.93 bits per heavy atom. The van der Waals surface area contributed by atoms with E-state index in [4.69, 9.17) is 0 Å². The smallest absolute Gasteiger partial charge is 0.382 e. The van der Waals surface area contributed by atoms with Gasteiger partial charge in [0.2, 0.25) is 5.91 Å². The van der Waals surface area contributed by atoms with Gasteiger partial charge in [0.15, 0.2) is 6.10 Å². The van der Waals surface area contributed by atoms with Gasteiger partial charge in [-0.25, -0.2) is 4.98 Å². The summed E-state index contributed by atoms with van der Waals surface area (Å²) in [6.07, 6.45) is -7.55. The Morgan fingerprint density at radius 3 is 2.52 bits per heavy atom. The Labute approximate surface area is 174 Å². The lowest BCUT2D eigenvalue weighted by atomic mass is 10.1. The van der Waals surface area contributed by atoms with E-state index in [9.17, 15) is 23.1 Å². The van der Waals surface area contributed by atoms with Gasteiger partial charge < -0.3 is 10.4 Å². The average molecular weight is 441 g/mol. The summed E-state index contributed by atoms with van der Waals surface area (Å²) in [6, 6.07) is 11.8. The Bertz CT molecular complexity index is 941. The van der Waals surface area contributed by atoms with Gasteiger partial charge >= 0.3 is 6.18 Å². The van der Waals surface area contributed by atoms with Gasteiger partial charge in [0.25, 0.3) is 0 Å². The second kappa shape index (κ2) is 9.06. The molecule has 0 saturated carbocycles. The summed E-state index contributed by atoms with van der Waals surface area (Å²) in [6.45, 7) is 1.48. The van der Waals surface area contributed by atoms with Crippen LogP contribution in [-0.2, 0) is 11.2 Å². The third-order valence-electron chi connectivity index (χ3n) is 4.30. The van der Waals surface area contributed by atoms with E-state index < -0.39 is 24.2 Å². The number of aromatic nitrogens is 1. The SMILES string of the molecule is CCC(NC(=O)Cc1sc(-c2cccs2)nc1-c1ccccc1)C(O)C(F)(F)F. The van der Waals surface area contributed by atoms with Crippen molar-refractivity contribution in [3.63, 3.8) is 0 Å². The number of benzene rings is 1. The molecule has 0 saturated heterocycles. The number of carbonyl (C=O) groups is 1. The molecule has 0 radical (unpaired) electrons. The van der Waals surface area contributed by atoms with Gasteiger partial charge in [0, 0.05) is 10.4 Å². The molecule has 2 heterocycles. The van der Waals surface area contributed by atoms with Crippen molar-refractivity contribution >= 4 is 28.6 Å². The molecule has 2 N–H and O–H groups in total. The van der Waals surface area contributed by atoms with Gasteiger partial charge in [-0.1, -0.05) is 43.3 Å². The van der Waals surface area contributed by atoms with E-state index >= 15 is 0 Å². The summed E-state index contributed by atoms with van der Waals surface area (Å²) >= 11 is 2.87. The summed E-state index contributed by atoms with van der Waals surface area (Å²) < 4.78 is 38.4. The molecule has 0 aliphatic carbocycles. The Kier molecular flexibility index (Phi) is 6.71. The first-order valence-corrected chi connectivity index (χ1v) is 10.6. The van der Waals surface area contributed by atoms with Crippen LogP contribution in [0, 0.1) is 0 Å². The van der Waals surface area contributed by atoms with E-state index in [0.29, 0.717) is 10.6 Å². The number of rotatable bonds is 7. The van der Waals surface area contributed by atoms with Crippen molar-refractivity contribution in [1.82, 2.24) is 10.3 Å². The minimum absolute atomic E-state index is 0.0406. The Balaban J connectivity index is 1.85. The van der Waals surface area contributed by atoms with Crippen molar-refractivity contribution in [3.05, 3.63) is 52.7 Å². The zero-order chi connectivity index (χ0) is 21.0. The standard InChI is InChI=1S/C20H19F3N2O2S2/c1-2-13(18(27)20(21,22)23)24-16(26)11-15-17(12-7-4-3-5-8-12)25-19(29-15)14-9-6-10-28-14/h3-10,13,18,27H,2,11H2,1H3,(H,24,26). The maximum Gasteiger partial charge on any atom is 0.416 e. The van der Waals surface area contributed by atoms with Gasteiger partial charge in [-0.05, 0) is 17.9 Å². The second-order valence-corrected chi connectivity index (χ2v) is 8.41. The number of halogens is 3. The molecule has 3 rings (SSSR count). The highest BCUT2D eigenvalue weighted by Gasteiger charge is 2.43. The molecule has 9 heteroatoms. The monoisotopic (exact) mass is 440 g/mol. The van der Waals surface area contributed by atoms with Crippen LogP contribution >= 0.6 is 22.7 Å².